The number of hydrogen-bond donors (Lipinski definition) is 0. The number of piperazine rings is 1. The lowest BCUT2D eigenvalue weighted by atomic mass is 9.86. The largest absolute Gasteiger partial charge is 0.298 e. The summed E-state index contributed by atoms with van der Waals surface area (Å²) in [6.45, 7) is 10.2. The van der Waals surface area contributed by atoms with E-state index in [1.165, 1.54) is 25.8 Å². The Morgan fingerprint density at radius 1 is 1.19 bits per heavy atom. The third-order valence-corrected chi connectivity index (χ3v) is 7.81. The van der Waals surface area contributed by atoms with Gasteiger partial charge in [-0.05, 0) is 38.6 Å². The molecule has 3 atom stereocenters. The van der Waals surface area contributed by atoms with E-state index in [9.17, 15) is 8.42 Å². The summed E-state index contributed by atoms with van der Waals surface area (Å²) >= 11 is 0. The Kier molecular flexibility index (Phi) is 4.13. The molecule has 3 aliphatic heterocycles. The van der Waals surface area contributed by atoms with Crippen LogP contribution in [-0.2, 0) is 9.84 Å². The van der Waals surface area contributed by atoms with E-state index in [0.717, 1.165) is 19.5 Å². The van der Waals surface area contributed by atoms with Crippen molar-refractivity contribution in [2.45, 2.75) is 64.1 Å². The van der Waals surface area contributed by atoms with E-state index in [4.69, 9.17) is 0 Å². The predicted molar refractivity (Wildman–Crippen MR) is 86.2 cm³/mol. The van der Waals surface area contributed by atoms with Crippen molar-refractivity contribution >= 4 is 9.84 Å². The van der Waals surface area contributed by atoms with Gasteiger partial charge in [0.25, 0.3) is 0 Å². The van der Waals surface area contributed by atoms with Crippen LogP contribution in [0.5, 0.6) is 0 Å². The van der Waals surface area contributed by atoms with Crippen LogP contribution >= 0.6 is 0 Å². The third-order valence-electron chi connectivity index (χ3n) is 5.92. The zero-order chi connectivity index (χ0) is 15.3. The number of hydrogen-bond acceptors (Lipinski definition) is 4. The molecule has 0 N–H and O–H groups in total. The molecule has 3 fully saturated rings. The molecule has 0 radical (unpaired) electrons. The molecule has 0 amide bonds. The van der Waals surface area contributed by atoms with Crippen molar-refractivity contribution in [2.24, 2.45) is 5.92 Å². The molecule has 3 saturated heterocycles. The summed E-state index contributed by atoms with van der Waals surface area (Å²) in [7, 11) is -2.84. The maximum Gasteiger partial charge on any atom is 0.152 e. The highest BCUT2D eigenvalue weighted by molar-refractivity contribution is 7.91. The molecule has 122 valence electrons. The highest BCUT2D eigenvalue weighted by Crippen LogP contribution is 2.37. The van der Waals surface area contributed by atoms with Crippen LogP contribution in [0.2, 0.25) is 0 Å². The van der Waals surface area contributed by atoms with Crippen LogP contribution in [0.3, 0.4) is 0 Å². The lowest BCUT2D eigenvalue weighted by Gasteiger charge is -2.54. The SMILES string of the molecule is CC(C)C1CN2CCCCC2CN1C1(C)CCS(=O)(=O)C1. The fourth-order valence-corrected chi connectivity index (χ4v) is 6.77. The van der Waals surface area contributed by atoms with Gasteiger partial charge in [-0.3, -0.25) is 9.80 Å². The standard InChI is InChI=1S/C16H30N2O2S/c1-13(2)15-11-17-8-5-4-6-14(17)10-18(15)16(3)7-9-21(19,20)12-16/h13-15H,4-12H2,1-3H3. The molecule has 4 nitrogen and oxygen atoms in total. The summed E-state index contributed by atoms with van der Waals surface area (Å²) < 4.78 is 24.0. The average Bonchev–Trinajstić information content (AvgIpc) is 2.72. The van der Waals surface area contributed by atoms with Gasteiger partial charge in [-0.25, -0.2) is 8.42 Å². The smallest absolute Gasteiger partial charge is 0.152 e. The first kappa shape index (κ1) is 15.8. The minimum Gasteiger partial charge on any atom is -0.298 e. The van der Waals surface area contributed by atoms with E-state index in [1.54, 1.807) is 0 Å². The van der Waals surface area contributed by atoms with Crippen LogP contribution in [0.25, 0.3) is 0 Å². The molecule has 3 unspecified atom stereocenters. The first-order chi connectivity index (χ1) is 9.81. The van der Waals surface area contributed by atoms with Gasteiger partial charge in [0, 0.05) is 30.7 Å². The van der Waals surface area contributed by atoms with Gasteiger partial charge < -0.3 is 0 Å². The lowest BCUT2D eigenvalue weighted by molar-refractivity contribution is -0.0542. The van der Waals surface area contributed by atoms with Crippen molar-refractivity contribution in [1.82, 2.24) is 9.80 Å². The van der Waals surface area contributed by atoms with E-state index in [1.807, 2.05) is 0 Å². The molecule has 21 heavy (non-hydrogen) atoms. The van der Waals surface area contributed by atoms with Crippen LogP contribution in [0.1, 0.15) is 46.5 Å². The number of rotatable bonds is 2. The maximum atomic E-state index is 12.0. The Morgan fingerprint density at radius 2 is 1.95 bits per heavy atom. The van der Waals surface area contributed by atoms with E-state index in [-0.39, 0.29) is 5.54 Å². The molecule has 0 aromatic carbocycles. The second-order valence-electron chi connectivity index (χ2n) is 7.95. The summed E-state index contributed by atoms with van der Waals surface area (Å²) in [5.74, 6) is 1.31. The fourth-order valence-electron chi connectivity index (χ4n) is 4.62. The van der Waals surface area contributed by atoms with Crippen molar-refractivity contribution in [1.29, 1.82) is 0 Å². The Balaban J connectivity index is 1.84. The van der Waals surface area contributed by atoms with Crippen LogP contribution in [0.15, 0.2) is 0 Å². The van der Waals surface area contributed by atoms with Gasteiger partial charge in [0.1, 0.15) is 0 Å². The summed E-state index contributed by atoms with van der Waals surface area (Å²) in [4.78, 5) is 5.24. The third kappa shape index (κ3) is 3.02. The van der Waals surface area contributed by atoms with E-state index in [0.29, 0.717) is 29.5 Å². The molecule has 0 aromatic heterocycles. The summed E-state index contributed by atoms with van der Waals surface area (Å²) in [6, 6.07) is 1.14. The molecule has 3 aliphatic rings. The average molecular weight is 314 g/mol. The van der Waals surface area contributed by atoms with Gasteiger partial charge in [0.15, 0.2) is 9.84 Å². The first-order valence-corrected chi connectivity index (χ1v) is 10.3. The van der Waals surface area contributed by atoms with Crippen LogP contribution < -0.4 is 0 Å². The van der Waals surface area contributed by atoms with Gasteiger partial charge in [-0.2, -0.15) is 0 Å². The monoisotopic (exact) mass is 314 g/mol. The Morgan fingerprint density at radius 3 is 2.57 bits per heavy atom. The fraction of sp³-hybridized carbons (Fsp3) is 1.00. The van der Waals surface area contributed by atoms with Crippen LogP contribution in [-0.4, -0.2) is 67.0 Å². The normalized spacial score (nSPS) is 41.3. The molecular weight excluding hydrogens is 284 g/mol. The van der Waals surface area contributed by atoms with Gasteiger partial charge in [0.05, 0.1) is 11.5 Å². The zero-order valence-corrected chi connectivity index (χ0v) is 14.5. The van der Waals surface area contributed by atoms with Crippen molar-refractivity contribution in [3.05, 3.63) is 0 Å². The predicted octanol–water partition coefficient (Wildman–Crippen LogP) is 1.76. The van der Waals surface area contributed by atoms with Crippen LogP contribution in [0, 0.1) is 5.92 Å². The number of nitrogens with zero attached hydrogens (tertiary/aromatic N) is 2. The Bertz CT molecular complexity index is 491. The Hall–Kier alpha value is -0.130. The molecule has 0 bridgehead atoms. The Labute approximate surface area is 129 Å². The van der Waals surface area contributed by atoms with E-state index >= 15 is 0 Å². The zero-order valence-electron chi connectivity index (χ0n) is 13.7. The van der Waals surface area contributed by atoms with Crippen LogP contribution in [0.4, 0.5) is 0 Å². The molecule has 0 aliphatic carbocycles. The number of fused-ring (bicyclic) bond motifs is 1. The molecule has 5 heteroatoms. The summed E-state index contributed by atoms with van der Waals surface area (Å²) in [5, 5.41) is 0. The first-order valence-electron chi connectivity index (χ1n) is 8.52. The van der Waals surface area contributed by atoms with Gasteiger partial charge in [0.2, 0.25) is 0 Å². The van der Waals surface area contributed by atoms with Gasteiger partial charge in [-0.1, -0.05) is 20.3 Å². The van der Waals surface area contributed by atoms with Crippen molar-refractivity contribution in [2.75, 3.05) is 31.1 Å². The van der Waals surface area contributed by atoms with Crippen molar-refractivity contribution < 1.29 is 8.42 Å². The maximum absolute atomic E-state index is 12.0. The van der Waals surface area contributed by atoms with Crippen molar-refractivity contribution in [3.63, 3.8) is 0 Å². The summed E-state index contributed by atoms with van der Waals surface area (Å²) in [5.41, 5.74) is -0.142. The van der Waals surface area contributed by atoms with Crippen molar-refractivity contribution in [3.8, 4) is 0 Å². The second kappa shape index (κ2) is 5.50. The molecule has 3 heterocycles. The molecular formula is C16H30N2O2S. The molecule has 0 aromatic rings. The highest BCUT2D eigenvalue weighted by atomic mass is 32.2. The number of piperidine rings is 1. The number of sulfone groups is 1. The quantitative estimate of drug-likeness (QED) is 0.779. The minimum atomic E-state index is -2.84. The summed E-state index contributed by atoms with van der Waals surface area (Å²) in [6.07, 6.45) is 4.75. The van der Waals surface area contributed by atoms with Gasteiger partial charge in [-0.15, -0.1) is 0 Å². The lowest BCUT2D eigenvalue weighted by Crippen LogP contribution is -2.66. The minimum absolute atomic E-state index is 0.142. The second-order valence-corrected chi connectivity index (χ2v) is 10.1. The van der Waals surface area contributed by atoms with E-state index < -0.39 is 9.84 Å². The van der Waals surface area contributed by atoms with Gasteiger partial charge >= 0.3 is 0 Å². The molecule has 3 rings (SSSR count). The van der Waals surface area contributed by atoms with E-state index in [2.05, 4.69) is 30.6 Å². The highest BCUT2D eigenvalue weighted by Gasteiger charge is 2.49. The molecule has 0 spiro atoms. The molecule has 0 saturated carbocycles. The topological polar surface area (TPSA) is 40.6 Å².